The lowest BCUT2D eigenvalue weighted by Gasteiger charge is -2.12. The predicted octanol–water partition coefficient (Wildman–Crippen LogP) is 1.12. The van der Waals surface area contributed by atoms with Crippen LogP contribution in [0, 0.1) is 13.8 Å². The van der Waals surface area contributed by atoms with Crippen LogP contribution in [0.2, 0.25) is 0 Å². The lowest BCUT2D eigenvalue weighted by molar-refractivity contribution is -0.0767. The van der Waals surface area contributed by atoms with E-state index in [9.17, 15) is 4.79 Å². The highest BCUT2D eigenvalue weighted by Gasteiger charge is 2.24. The molecule has 0 bridgehead atoms. The van der Waals surface area contributed by atoms with E-state index >= 15 is 0 Å². The number of rotatable bonds is 1. The Morgan fingerprint density at radius 2 is 2.28 bits per heavy atom. The van der Waals surface area contributed by atoms with Gasteiger partial charge >= 0.3 is 0 Å². The highest BCUT2D eigenvalue weighted by molar-refractivity contribution is 5.99. The number of aromatic nitrogens is 3. The average molecular weight is 246 g/mol. The third-order valence-corrected chi connectivity index (χ3v) is 2.99. The summed E-state index contributed by atoms with van der Waals surface area (Å²) in [5.74, 6) is -0.167. The van der Waals surface area contributed by atoms with Crippen molar-refractivity contribution in [3.63, 3.8) is 0 Å². The average Bonchev–Trinajstić information content (AvgIpc) is 2.96. The Labute approximate surface area is 104 Å². The maximum atomic E-state index is 12.3. The van der Waals surface area contributed by atoms with Gasteiger partial charge in [0.2, 0.25) is 0 Å². The molecule has 1 fully saturated rings. The first-order valence-corrected chi connectivity index (χ1v) is 5.93. The highest BCUT2D eigenvalue weighted by Crippen LogP contribution is 2.16. The molecular weight excluding hydrogens is 232 g/mol. The molecule has 0 saturated carbocycles. The summed E-state index contributed by atoms with van der Waals surface area (Å²) in [5, 5.41) is 5.59. The van der Waals surface area contributed by atoms with Crippen molar-refractivity contribution in [2.24, 2.45) is 0 Å². The van der Waals surface area contributed by atoms with Gasteiger partial charge in [0.25, 0.3) is 5.91 Å². The Morgan fingerprint density at radius 3 is 3.00 bits per heavy atom. The van der Waals surface area contributed by atoms with E-state index < -0.39 is 0 Å². The monoisotopic (exact) mass is 246 g/mol. The lowest BCUT2D eigenvalue weighted by Crippen LogP contribution is -2.26. The fourth-order valence-electron chi connectivity index (χ4n) is 2.16. The Hall–Kier alpha value is -1.95. The Morgan fingerprint density at radius 1 is 1.44 bits per heavy atom. The molecule has 0 unspecified atom stereocenters. The van der Waals surface area contributed by atoms with Crippen molar-refractivity contribution in [3.05, 3.63) is 29.2 Å². The molecule has 0 N–H and O–H groups in total. The second kappa shape index (κ2) is 4.06. The number of nitrogens with zero attached hydrogens (tertiary/aromatic N) is 4. The van der Waals surface area contributed by atoms with Gasteiger partial charge in [-0.3, -0.25) is 9.63 Å². The molecule has 94 valence electrons. The van der Waals surface area contributed by atoms with Crippen LogP contribution in [0.1, 0.15) is 28.2 Å². The minimum Gasteiger partial charge on any atom is -0.271 e. The van der Waals surface area contributed by atoms with Crippen LogP contribution in [0.3, 0.4) is 0 Å². The molecule has 1 saturated heterocycles. The molecule has 1 amide bonds. The fraction of sp³-hybridized carbons (Fsp3) is 0.417. The van der Waals surface area contributed by atoms with Crippen LogP contribution < -0.4 is 0 Å². The molecule has 1 aliphatic rings. The molecule has 0 spiro atoms. The minimum absolute atomic E-state index is 0.167. The minimum atomic E-state index is -0.167. The van der Waals surface area contributed by atoms with E-state index in [1.54, 1.807) is 10.7 Å². The molecule has 3 rings (SSSR count). The molecule has 1 aliphatic heterocycles. The molecule has 0 radical (unpaired) electrons. The van der Waals surface area contributed by atoms with E-state index in [1.807, 2.05) is 19.9 Å². The molecule has 2 aromatic rings. The van der Waals surface area contributed by atoms with Crippen LogP contribution in [-0.4, -0.2) is 38.7 Å². The summed E-state index contributed by atoms with van der Waals surface area (Å²) in [6.45, 7) is 5.06. The normalized spacial score (nSPS) is 15.6. The Balaban J connectivity index is 2.09. The van der Waals surface area contributed by atoms with Crippen molar-refractivity contribution in [1.29, 1.82) is 0 Å². The summed E-state index contributed by atoms with van der Waals surface area (Å²) in [4.78, 5) is 21.9. The third kappa shape index (κ3) is 1.65. The van der Waals surface area contributed by atoms with Gasteiger partial charge in [-0.1, -0.05) is 0 Å². The second-order valence-corrected chi connectivity index (χ2v) is 4.43. The predicted molar refractivity (Wildman–Crippen MR) is 64.1 cm³/mol. The largest absolute Gasteiger partial charge is 0.282 e. The molecular formula is C12H14N4O2. The molecule has 6 nitrogen and oxygen atoms in total. The first-order valence-electron chi connectivity index (χ1n) is 5.93. The van der Waals surface area contributed by atoms with Crippen molar-refractivity contribution in [2.45, 2.75) is 20.3 Å². The highest BCUT2D eigenvalue weighted by atomic mass is 16.7. The maximum Gasteiger partial charge on any atom is 0.282 e. The number of carbonyl (C=O) groups is 1. The van der Waals surface area contributed by atoms with Crippen molar-refractivity contribution in [3.8, 4) is 0 Å². The van der Waals surface area contributed by atoms with Gasteiger partial charge in [-0.15, -0.1) is 0 Å². The molecule has 0 atom stereocenters. The van der Waals surface area contributed by atoms with Gasteiger partial charge in [0.1, 0.15) is 5.56 Å². The molecule has 6 heteroatoms. The van der Waals surface area contributed by atoms with Crippen LogP contribution >= 0.6 is 0 Å². The summed E-state index contributed by atoms with van der Waals surface area (Å²) in [6, 6.07) is 1.93. The molecule has 0 aromatic carbocycles. The van der Waals surface area contributed by atoms with Crippen LogP contribution in [0.15, 0.2) is 12.3 Å². The first-order chi connectivity index (χ1) is 8.66. The number of aryl methyl sites for hydroxylation is 2. The number of fused-ring (bicyclic) bond motifs is 1. The number of hydroxylamine groups is 2. The van der Waals surface area contributed by atoms with Gasteiger partial charge in [-0.05, 0) is 26.3 Å². The number of hydrogen-bond donors (Lipinski definition) is 0. The van der Waals surface area contributed by atoms with E-state index in [0.717, 1.165) is 17.8 Å². The van der Waals surface area contributed by atoms with E-state index in [1.165, 1.54) is 5.06 Å². The van der Waals surface area contributed by atoms with Gasteiger partial charge < -0.3 is 0 Å². The number of carbonyl (C=O) groups excluding carboxylic acids is 1. The van der Waals surface area contributed by atoms with Crippen LogP contribution in [-0.2, 0) is 4.84 Å². The van der Waals surface area contributed by atoms with Gasteiger partial charge in [0.05, 0.1) is 19.3 Å². The number of amides is 1. The summed E-state index contributed by atoms with van der Waals surface area (Å²) < 4.78 is 1.68. The van der Waals surface area contributed by atoms with Crippen LogP contribution in [0.25, 0.3) is 5.65 Å². The van der Waals surface area contributed by atoms with Crippen molar-refractivity contribution >= 4 is 11.6 Å². The SMILES string of the molecule is Cc1cc(C)n2ncc(C(=O)N3CCCO3)c2n1. The Bertz CT molecular complexity index is 614. The number of hydrogen-bond acceptors (Lipinski definition) is 4. The zero-order chi connectivity index (χ0) is 12.7. The third-order valence-electron chi connectivity index (χ3n) is 2.99. The van der Waals surface area contributed by atoms with Gasteiger partial charge in [-0.25, -0.2) is 14.6 Å². The quantitative estimate of drug-likeness (QED) is 0.756. The summed E-state index contributed by atoms with van der Waals surface area (Å²) >= 11 is 0. The van der Waals surface area contributed by atoms with E-state index in [0.29, 0.717) is 24.4 Å². The summed E-state index contributed by atoms with van der Waals surface area (Å²) in [6.07, 6.45) is 2.43. The lowest BCUT2D eigenvalue weighted by atomic mass is 10.3. The van der Waals surface area contributed by atoms with E-state index in [4.69, 9.17) is 4.84 Å². The van der Waals surface area contributed by atoms with E-state index in [2.05, 4.69) is 10.1 Å². The zero-order valence-electron chi connectivity index (χ0n) is 10.4. The topological polar surface area (TPSA) is 59.7 Å². The van der Waals surface area contributed by atoms with Crippen molar-refractivity contribution in [2.75, 3.05) is 13.2 Å². The van der Waals surface area contributed by atoms with Crippen molar-refractivity contribution in [1.82, 2.24) is 19.7 Å². The standard InChI is InChI=1S/C12H14N4O2/c1-8-6-9(2)16-11(14-8)10(7-13-16)12(17)15-4-3-5-18-15/h6-7H,3-5H2,1-2H3. The first kappa shape index (κ1) is 11.2. The summed E-state index contributed by atoms with van der Waals surface area (Å²) in [7, 11) is 0. The smallest absolute Gasteiger partial charge is 0.271 e. The summed E-state index contributed by atoms with van der Waals surface area (Å²) in [5.41, 5.74) is 2.91. The zero-order valence-corrected chi connectivity index (χ0v) is 10.4. The molecule has 3 heterocycles. The van der Waals surface area contributed by atoms with Gasteiger partial charge in [0, 0.05) is 11.4 Å². The van der Waals surface area contributed by atoms with E-state index in [-0.39, 0.29) is 5.91 Å². The van der Waals surface area contributed by atoms with Gasteiger partial charge in [-0.2, -0.15) is 5.10 Å². The van der Waals surface area contributed by atoms with Gasteiger partial charge in [0.15, 0.2) is 5.65 Å². The molecule has 2 aromatic heterocycles. The maximum absolute atomic E-state index is 12.3. The van der Waals surface area contributed by atoms with Crippen LogP contribution in [0.4, 0.5) is 0 Å². The molecule has 18 heavy (non-hydrogen) atoms. The van der Waals surface area contributed by atoms with Crippen LogP contribution in [0.5, 0.6) is 0 Å². The molecule has 0 aliphatic carbocycles. The Kier molecular flexibility index (Phi) is 2.52. The van der Waals surface area contributed by atoms with Crippen molar-refractivity contribution < 1.29 is 9.63 Å². The second-order valence-electron chi connectivity index (χ2n) is 4.43. The fourth-order valence-corrected chi connectivity index (χ4v) is 2.16.